The predicted molar refractivity (Wildman–Crippen MR) is 124 cm³/mol. The monoisotopic (exact) mass is 430 g/mol. The van der Waals surface area contributed by atoms with Crippen LogP contribution in [0.25, 0.3) is 22.5 Å². The van der Waals surface area contributed by atoms with Crippen LogP contribution in [-0.4, -0.2) is 20.7 Å². The van der Waals surface area contributed by atoms with E-state index in [1.54, 1.807) is 17.4 Å². The van der Waals surface area contributed by atoms with Crippen molar-refractivity contribution in [2.24, 2.45) is 0 Å². The number of anilines is 1. The van der Waals surface area contributed by atoms with Crippen LogP contribution in [0.15, 0.2) is 64.8 Å². The van der Waals surface area contributed by atoms with Crippen LogP contribution in [0.2, 0.25) is 0 Å². The maximum Gasteiger partial charge on any atom is 0.267 e. The van der Waals surface area contributed by atoms with Crippen LogP contribution in [0.1, 0.15) is 16.1 Å². The number of nitrogens with zero attached hydrogens (tertiary/aromatic N) is 3. The number of hydrogen-bond donors (Lipinski definition) is 1. The molecule has 0 aliphatic rings. The van der Waals surface area contributed by atoms with Gasteiger partial charge in [0.2, 0.25) is 5.91 Å². The molecule has 6 nitrogen and oxygen atoms in total. The molecule has 0 saturated carbocycles. The molecule has 0 bridgehead atoms. The Kier molecular flexibility index (Phi) is 5.77. The molecule has 2 aromatic heterocycles. The first-order chi connectivity index (χ1) is 14.9. The molecule has 4 aromatic rings. The lowest BCUT2D eigenvalue weighted by Crippen LogP contribution is -2.29. The zero-order chi connectivity index (χ0) is 22.0. The maximum absolute atomic E-state index is 12.6. The molecule has 156 valence electrons. The first kappa shape index (κ1) is 20.7. The van der Waals surface area contributed by atoms with E-state index in [9.17, 15) is 9.59 Å². The van der Waals surface area contributed by atoms with Crippen LogP contribution in [-0.2, 0) is 11.3 Å². The summed E-state index contributed by atoms with van der Waals surface area (Å²) in [6, 6.07) is 16.7. The van der Waals surface area contributed by atoms with Crippen LogP contribution in [0.3, 0.4) is 0 Å². The Bertz CT molecular complexity index is 1320. The SMILES string of the molecule is Cc1ccc(C)c(-c2ccc(=O)n(CC(=O)Nc3cccc(-c4csc(C)n4)c3)n2)c1. The molecule has 31 heavy (non-hydrogen) atoms. The van der Waals surface area contributed by atoms with Gasteiger partial charge < -0.3 is 5.32 Å². The molecule has 0 spiro atoms. The number of nitrogens with one attached hydrogen (secondary N) is 1. The summed E-state index contributed by atoms with van der Waals surface area (Å²) in [7, 11) is 0. The van der Waals surface area contributed by atoms with Gasteiger partial charge in [-0.25, -0.2) is 9.67 Å². The van der Waals surface area contributed by atoms with E-state index < -0.39 is 0 Å². The Hall–Kier alpha value is -3.58. The molecule has 1 N–H and O–H groups in total. The maximum atomic E-state index is 12.6. The van der Waals surface area contributed by atoms with Crippen molar-refractivity contribution in [1.29, 1.82) is 0 Å². The lowest BCUT2D eigenvalue weighted by molar-refractivity contribution is -0.117. The van der Waals surface area contributed by atoms with E-state index in [0.717, 1.165) is 33.0 Å². The molecule has 0 unspecified atom stereocenters. The number of amides is 1. The Morgan fingerprint density at radius 2 is 1.87 bits per heavy atom. The van der Waals surface area contributed by atoms with Crippen molar-refractivity contribution >= 4 is 22.9 Å². The second-order valence-corrected chi connectivity index (χ2v) is 8.48. The summed E-state index contributed by atoms with van der Waals surface area (Å²) in [5.74, 6) is -0.320. The quantitative estimate of drug-likeness (QED) is 0.502. The lowest BCUT2D eigenvalue weighted by atomic mass is 10.0. The van der Waals surface area contributed by atoms with Gasteiger partial charge in [-0.1, -0.05) is 29.8 Å². The number of benzene rings is 2. The zero-order valence-corrected chi connectivity index (χ0v) is 18.4. The Balaban J connectivity index is 1.54. The van der Waals surface area contributed by atoms with Crippen molar-refractivity contribution in [3.05, 3.63) is 86.5 Å². The molecule has 1 amide bonds. The summed E-state index contributed by atoms with van der Waals surface area (Å²) in [6.07, 6.45) is 0. The van der Waals surface area contributed by atoms with Crippen LogP contribution >= 0.6 is 11.3 Å². The fourth-order valence-electron chi connectivity index (χ4n) is 3.31. The smallest absolute Gasteiger partial charge is 0.267 e. The van der Waals surface area contributed by atoms with Gasteiger partial charge in [0.25, 0.3) is 5.56 Å². The average molecular weight is 431 g/mol. The van der Waals surface area contributed by atoms with Gasteiger partial charge in [-0.2, -0.15) is 5.10 Å². The van der Waals surface area contributed by atoms with E-state index in [1.807, 2.05) is 68.6 Å². The van der Waals surface area contributed by atoms with Crippen molar-refractivity contribution in [3.8, 4) is 22.5 Å². The highest BCUT2D eigenvalue weighted by molar-refractivity contribution is 7.09. The van der Waals surface area contributed by atoms with Crippen molar-refractivity contribution in [2.45, 2.75) is 27.3 Å². The van der Waals surface area contributed by atoms with Gasteiger partial charge in [0.1, 0.15) is 6.54 Å². The molecule has 0 atom stereocenters. The van der Waals surface area contributed by atoms with E-state index in [-0.39, 0.29) is 18.0 Å². The summed E-state index contributed by atoms with van der Waals surface area (Å²) < 4.78 is 1.19. The van der Waals surface area contributed by atoms with E-state index in [0.29, 0.717) is 11.4 Å². The van der Waals surface area contributed by atoms with Gasteiger partial charge in [0.05, 0.1) is 16.4 Å². The van der Waals surface area contributed by atoms with E-state index in [1.165, 1.54) is 10.7 Å². The Morgan fingerprint density at radius 3 is 2.65 bits per heavy atom. The van der Waals surface area contributed by atoms with Crippen LogP contribution < -0.4 is 10.9 Å². The number of aromatic nitrogens is 3. The highest BCUT2D eigenvalue weighted by atomic mass is 32.1. The summed E-state index contributed by atoms with van der Waals surface area (Å²) in [5, 5.41) is 10.2. The van der Waals surface area contributed by atoms with Gasteiger partial charge in [0, 0.05) is 28.3 Å². The normalized spacial score (nSPS) is 10.8. The van der Waals surface area contributed by atoms with Crippen LogP contribution in [0, 0.1) is 20.8 Å². The molecule has 0 radical (unpaired) electrons. The fourth-order valence-corrected chi connectivity index (χ4v) is 3.93. The molecule has 0 fully saturated rings. The molecule has 4 rings (SSSR count). The first-order valence-corrected chi connectivity index (χ1v) is 10.8. The highest BCUT2D eigenvalue weighted by Gasteiger charge is 2.11. The summed E-state index contributed by atoms with van der Waals surface area (Å²) >= 11 is 1.58. The van der Waals surface area contributed by atoms with Crippen LogP contribution in [0.5, 0.6) is 0 Å². The van der Waals surface area contributed by atoms with E-state index in [2.05, 4.69) is 15.4 Å². The number of carbonyl (C=O) groups excluding carboxylic acids is 1. The minimum Gasteiger partial charge on any atom is -0.324 e. The van der Waals surface area contributed by atoms with Gasteiger partial charge in [-0.05, 0) is 50.6 Å². The molecular weight excluding hydrogens is 408 g/mol. The summed E-state index contributed by atoms with van der Waals surface area (Å²) in [6.45, 7) is 5.79. The van der Waals surface area contributed by atoms with Crippen molar-refractivity contribution < 1.29 is 4.79 Å². The van der Waals surface area contributed by atoms with Gasteiger partial charge in [-0.3, -0.25) is 9.59 Å². The first-order valence-electron chi connectivity index (χ1n) is 9.87. The van der Waals surface area contributed by atoms with Gasteiger partial charge in [0.15, 0.2) is 0 Å². The Labute approximate surface area is 184 Å². The van der Waals surface area contributed by atoms with Gasteiger partial charge >= 0.3 is 0 Å². The fraction of sp³-hybridized carbons (Fsp3) is 0.167. The number of carbonyl (C=O) groups is 1. The third-order valence-electron chi connectivity index (χ3n) is 4.89. The minimum absolute atomic E-state index is 0.169. The highest BCUT2D eigenvalue weighted by Crippen LogP contribution is 2.24. The topological polar surface area (TPSA) is 76.9 Å². The van der Waals surface area contributed by atoms with Gasteiger partial charge in [-0.15, -0.1) is 11.3 Å². The summed E-state index contributed by atoms with van der Waals surface area (Å²) in [4.78, 5) is 29.4. The molecule has 2 heterocycles. The van der Waals surface area contributed by atoms with Crippen molar-refractivity contribution in [3.63, 3.8) is 0 Å². The number of hydrogen-bond acceptors (Lipinski definition) is 5. The number of rotatable bonds is 5. The predicted octanol–water partition coefficient (Wildman–Crippen LogP) is 4.60. The number of thiazole rings is 1. The minimum atomic E-state index is -0.323. The standard InChI is InChI=1S/C24H22N4O2S/c1-15-7-8-16(2)20(11-15)21-9-10-24(30)28(27-21)13-23(29)26-19-6-4-5-18(12-19)22-14-31-17(3)25-22/h4-12,14H,13H2,1-3H3,(H,26,29). The average Bonchev–Trinajstić information content (AvgIpc) is 3.18. The van der Waals surface area contributed by atoms with E-state index in [4.69, 9.17) is 0 Å². The third-order valence-corrected chi connectivity index (χ3v) is 5.66. The number of aryl methyl sites for hydroxylation is 3. The second-order valence-electron chi connectivity index (χ2n) is 7.41. The molecule has 0 aliphatic heterocycles. The summed E-state index contributed by atoms with van der Waals surface area (Å²) in [5.41, 5.74) is 5.89. The van der Waals surface area contributed by atoms with E-state index >= 15 is 0 Å². The largest absolute Gasteiger partial charge is 0.324 e. The lowest BCUT2D eigenvalue weighted by Gasteiger charge is -2.11. The molecule has 7 heteroatoms. The second kappa shape index (κ2) is 8.65. The molecule has 2 aromatic carbocycles. The van der Waals surface area contributed by atoms with Crippen LogP contribution in [0.4, 0.5) is 5.69 Å². The molecule has 0 aliphatic carbocycles. The third kappa shape index (κ3) is 4.78. The Morgan fingerprint density at radius 1 is 1.03 bits per heavy atom. The van der Waals surface area contributed by atoms with Crippen molar-refractivity contribution in [1.82, 2.24) is 14.8 Å². The van der Waals surface area contributed by atoms with Crippen molar-refractivity contribution in [2.75, 3.05) is 5.32 Å². The zero-order valence-electron chi connectivity index (χ0n) is 17.5. The molecule has 0 saturated heterocycles. The molecular formula is C24H22N4O2S.